The first-order chi connectivity index (χ1) is 10.4. The number of rotatable bonds is 4. The maximum atomic E-state index is 11.4. The summed E-state index contributed by atoms with van der Waals surface area (Å²) in [5.74, 6) is -0.885. The van der Waals surface area contributed by atoms with Crippen LogP contribution in [0.5, 0.6) is 5.75 Å². The predicted molar refractivity (Wildman–Crippen MR) is 92.7 cm³/mol. The number of carboxylic acids is 1. The van der Waals surface area contributed by atoms with Gasteiger partial charge in [0, 0.05) is 12.1 Å². The smallest absolute Gasteiger partial charge is 0.307 e. The molecule has 1 aliphatic rings. The van der Waals surface area contributed by atoms with E-state index in [-0.39, 0.29) is 27.9 Å². The van der Waals surface area contributed by atoms with Crippen LogP contribution in [-0.2, 0) is 9.59 Å². The van der Waals surface area contributed by atoms with Gasteiger partial charge in [-0.25, -0.2) is 4.99 Å². The molecule has 5 nitrogen and oxygen atoms in total. The summed E-state index contributed by atoms with van der Waals surface area (Å²) in [6, 6.07) is 3.08. The Hall–Kier alpha value is -1.38. The lowest BCUT2D eigenvalue weighted by atomic mass is 10.00. The Balaban J connectivity index is 2.47. The number of hydrogen-bond donors (Lipinski definition) is 1. The van der Waals surface area contributed by atoms with Gasteiger partial charge in [-0.3, -0.25) is 9.59 Å². The Morgan fingerprint density at radius 3 is 2.45 bits per heavy atom. The van der Waals surface area contributed by atoms with Crippen LogP contribution >= 0.6 is 46.2 Å². The van der Waals surface area contributed by atoms with Gasteiger partial charge in [0.1, 0.15) is 11.4 Å². The minimum atomic E-state index is -1.06. The van der Waals surface area contributed by atoms with Crippen LogP contribution in [-0.4, -0.2) is 22.6 Å². The molecule has 0 saturated carbocycles. The highest BCUT2D eigenvalue weighted by Crippen LogP contribution is 2.38. The first-order valence-electron chi connectivity index (χ1n) is 5.92. The monoisotopic (exact) mass is 451 g/mol. The maximum absolute atomic E-state index is 11.4. The molecule has 114 valence electrons. The number of benzene rings is 1. The molecule has 0 spiro atoms. The molecule has 0 atom stereocenters. The van der Waals surface area contributed by atoms with Crippen LogP contribution in [0.1, 0.15) is 6.42 Å². The molecule has 0 aromatic heterocycles. The average Bonchev–Trinajstić information content (AvgIpc) is 2.43. The SMILES string of the molecule is O=C1C=C/C(=N\c2c(Cl)cc(OI)cc2Cl)C(CC(=O)O)=C1. The molecule has 2 rings (SSSR count). The van der Waals surface area contributed by atoms with E-state index < -0.39 is 5.97 Å². The van der Waals surface area contributed by atoms with E-state index in [0.29, 0.717) is 17.0 Å². The van der Waals surface area contributed by atoms with E-state index in [1.54, 1.807) is 23.0 Å². The van der Waals surface area contributed by atoms with Crippen LogP contribution in [0.4, 0.5) is 5.69 Å². The number of aliphatic carboxylic acids is 1. The molecule has 1 aromatic rings. The van der Waals surface area contributed by atoms with Crippen molar-refractivity contribution in [3.8, 4) is 5.75 Å². The summed E-state index contributed by atoms with van der Waals surface area (Å²) in [5.41, 5.74) is 0.904. The van der Waals surface area contributed by atoms with Gasteiger partial charge in [0.25, 0.3) is 0 Å². The number of carbonyl (C=O) groups is 2. The van der Waals surface area contributed by atoms with Crippen molar-refractivity contribution >= 4 is 69.4 Å². The molecule has 8 heteroatoms. The number of carboxylic acid groups (broad SMARTS) is 1. The van der Waals surface area contributed by atoms with E-state index in [9.17, 15) is 9.59 Å². The molecule has 22 heavy (non-hydrogen) atoms. The molecule has 1 aromatic carbocycles. The normalized spacial score (nSPS) is 15.9. The number of carbonyl (C=O) groups excluding carboxylic acids is 1. The van der Waals surface area contributed by atoms with Crippen molar-refractivity contribution in [3.63, 3.8) is 0 Å². The van der Waals surface area contributed by atoms with Crippen molar-refractivity contribution in [2.45, 2.75) is 6.42 Å². The number of halogens is 3. The van der Waals surface area contributed by atoms with Crippen LogP contribution in [0.15, 0.2) is 40.9 Å². The summed E-state index contributed by atoms with van der Waals surface area (Å²) in [6.45, 7) is 0. The predicted octanol–water partition coefficient (Wildman–Crippen LogP) is 4.33. The van der Waals surface area contributed by atoms with Crippen molar-refractivity contribution in [2.24, 2.45) is 4.99 Å². The zero-order chi connectivity index (χ0) is 16.3. The van der Waals surface area contributed by atoms with Gasteiger partial charge in [0.05, 0.1) is 22.2 Å². The summed E-state index contributed by atoms with van der Waals surface area (Å²) in [7, 11) is 0. The third kappa shape index (κ3) is 4.08. The van der Waals surface area contributed by atoms with Crippen molar-refractivity contribution < 1.29 is 17.8 Å². The van der Waals surface area contributed by atoms with Crippen LogP contribution in [0.25, 0.3) is 0 Å². The van der Waals surface area contributed by atoms with Gasteiger partial charge in [-0.1, -0.05) is 23.2 Å². The molecule has 0 radical (unpaired) electrons. The molecule has 0 unspecified atom stereocenters. The topological polar surface area (TPSA) is 76.0 Å². The lowest BCUT2D eigenvalue weighted by molar-refractivity contribution is -0.136. The van der Waals surface area contributed by atoms with E-state index >= 15 is 0 Å². The van der Waals surface area contributed by atoms with E-state index in [1.807, 2.05) is 0 Å². The van der Waals surface area contributed by atoms with Crippen molar-refractivity contribution in [1.29, 1.82) is 0 Å². The van der Waals surface area contributed by atoms with Gasteiger partial charge in [0.2, 0.25) is 0 Å². The van der Waals surface area contributed by atoms with Crippen molar-refractivity contribution in [1.82, 2.24) is 0 Å². The highest BCUT2D eigenvalue weighted by atomic mass is 127. The summed E-state index contributed by atoms with van der Waals surface area (Å²) in [6.07, 6.45) is 3.65. The van der Waals surface area contributed by atoms with E-state index in [4.69, 9.17) is 31.4 Å². The second-order valence-corrected chi connectivity index (χ2v) is 5.54. The Labute approximate surface area is 150 Å². The Morgan fingerprint density at radius 1 is 1.27 bits per heavy atom. The zero-order valence-electron chi connectivity index (χ0n) is 10.8. The van der Waals surface area contributed by atoms with Crippen molar-refractivity contribution in [2.75, 3.05) is 0 Å². The van der Waals surface area contributed by atoms with Gasteiger partial charge in [-0.2, -0.15) is 0 Å². The van der Waals surface area contributed by atoms with Gasteiger partial charge >= 0.3 is 5.97 Å². The lowest BCUT2D eigenvalue weighted by Gasteiger charge is -2.11. The fourth-order valence-corrected chi connectivity index (χ4v) is 2.60. The number of aliphatic imine (C=N–C) groups is 1. The quantitative estimate of drug-likeness (QED) is 0.545. The van der Waals surface area contributed by atoms with Gasteiger partial charge < -0.3 is 8.17 Å². The molecule has 0 saturated heterocycles. The van der Waals surface area contributed by atoms with Gasteiger partial charge in [-0.05, 0) is 23.8 Å². The Morgan fingerprint density at radius 2 is 1.91 bits per heavy atom. The van der Waals surface area contributed by atoms with Gasteiger partial charge in [0.15, 0.2) is 28.8 Å². The van der Waals surface area contributed by atoms with Crippen LogP contribution in [0.2, 0.25) is 10.0 Å². The fraction of sp³-hybridized carbons (Fsp3) is 0.0714. The van der Waals surface area contributed by atoms with Gasteiger partial charge in [-0.15, -0.1) is 0 Å². The maximum Gasteiger partial charge on any atom is 0.307 e. The molecule has 0 heterocycles. The first-order valence-corrected chi connectivity index (χ1v) is 7.55. The highest BCUT2D eigenvalue weighted by Gasteiger charge is 2.17. The fourth-order valence-electron chi connectivity index (χ4n) is 1.79. The minimum absolute atomic E-state index is 0.256. The number of allylic oxidation sites excluding steroid dienone is 3. The molecule has 1 aliphatic carbocycles. The average molecular weight is 452 g/mol. The zero-order valence-corrected chi connectivity index (χ0v) is 14.5. The highest BCUT2D eigenvalue weighted by molar-refractivity contribution is 14.1. The van der Waals surface area contributed by atoms with Crippen LogP contribution < -0.4 is 3.07 Å². The third-order valence-corrected chi connectivity index (χ3v) is 3.79. The van der Waals surface area contributed by atoms with E-state index in [0.717, 1.165) is 0 Å². The second kappa shape index (κ2) is 7.26. The molecule has 0 amide bonds. The first kappa shape index (κ1) is 17.0. The molecular weight excluding hydrogens is 444 g/mol. The Kier molecular flexibility index (Phi) is 5.60. The molecule has 0 bridgehead atoms. The number of nitrogens with zero attached hydrogens (tertiary/aromatic N) is 1. The Bertz CT molecular complexity index is 717. The van der Waals surface area contributed by atoms with E-state index in [2.05, 4.69) is 4.99 Å². The van der Waals surface area contributed by atoms with Crippen molar-refractivity contribution in [3.05, 3.63) is 46.0 Å². The largest absolute Gasteiger partial charge is 0.481 e. The summed E-state index contributed by atoms with van der Waals surface area (Å²) in [4.78, 5) is 26.6. The molecule has 0 aliphatic heterocycles. The standard InChI is InChI=1S/C14H8Cl2INO4/c15-10-5-9(22-17)6-11(16)14(10)18-12-2-1-8(19)3-7(12)4-13(20)21/h1-3,5-6H,4H2,(H,20,21)/b18-12+. The lowest BCUT2D eigenvalue weighted by Crippen LogP contribution is -2.11. The van der Waals surface area contributed by atoms with Crippen LogP contribution in [0, 0.1) is 0 Å². The second-order valence-electron chi connectivity index (χ2n) is 4.29. The number of hydrogen-bond acceptors (Lipinski definition) is 4. The molecular formula is C14H8Cl2INO4. The van der Waals surface area contributed by atoms with E-state index in [1.165, 1.54) is 30.4 Å². The number of ketones is 1. The summed E-state index contributed by atoms with van der Waals surface area (Å²) in [5, 5.41) is 9.42. The summed E-state index contributed by atoms with van der Waals surface area (Å²) >= 11 is 13.9. The molecule has 0 fully saturated rings. The van der Waals surface area contributed by atoms with Crippen LogP contribution in [0.3, 0.4) is 0 Å². The third-order valence-electron chi connectivity index (χ3n) is 2.70. The molecule has 1 N–H and O–H groups in total. The summed E-state index contributed by atoms with van der Waals surface area (Å²) < 4.78 is 5.01. The minimum Gasteiger partial charge on any atom is -0.481 e.